The Bertz CT molecular complexity index is 414. The number of quaternary nitrogens is 1. The molecule has 0 bridgehead atoms. The summed E-state index contributed by atoms with van der Waals surface area (Å²) in [5.74, 6) is -1.72. The van der Waals surface area contributed by atoms with Crippen molar-refractivity contribution in [3.05, 3.63) is 35.4 Å². The Morgan fingerprint density at radius 3 is 2.28 bits per heavy atom. The van der Waals surface area contributed by atoms with Crippen molar-refractivity contribution in [3.8, 4) is 0 Å². The fourth-order valence-electron chi connectivity index (χ4n) is 2.23. The molecule has 1 aromatic carbocycles. The minimum Gasteiger partial charge on any atom is -0.365 e. The van der Waals surface area contributed by atoms with E-state index in [4.69, 9.17) is 0 Å². The monoisotopic (exact) mass is 262 g/mol. The summed E-state index contributed by atoms with van der Waals surface area (Å²) in [6.45, 7) is 0.540. The number of halogens is 3. The first-order valence-corrected chi connectivity index (χ1v) is 5.73. The van der Waals surface area contributed by atoms with E-state index in [1.54, 1.807) is 0 Å². The van der Waals surface area contributed by atoms with E-state index in [9.17, 15) is 23.4 Å². The summed E-state index contributed by atoms with van der Waals surface area (Å²) >= 11 is 0. The van der Waals surface area contributed by atoms with Gasteiger partial charge in [-0.2, -0.15) is 13.2 Å². The van der Waals surface area contributed by atoms with Crippen LogP contribution in [0.25, 0.3) is 0 Å². The summed E-state index contributed by atoms with van der Waals surface area (Å²) in [6, 6.07) is 4.62. The van der Waals surface area contributed by atoms with E-state index < -0.39 is 17.5 Å². The van der Waals surface area contributed by atoms with Crippen LogP contribution in [-0.2, 0) is 6.18 Å². The van der Waals surface area contributed by atoms with Crippen molar-refractivity contribution >= 4 is 0 Å². The highest BCUT2D eigenvalue weighted by Crippen LogP contribution is 2.31. The number of piperidine rings is 1. The summed E-state index contributed by atoms with van der Waals surface area (Å²) in [5, 5.41) is 21.0. The lowest BCUT2D eigenvalue weighted by molar-refractivity contribution is -0.714. The van der Waals surface area contributed by atoms with E-state index >= 15 is 0 Å². The molecule has 100 valence electrons. The second kappa shape index (κ2) is 4.53. The molecule has 1 aliphatic heterocycles. The second-order valence-corrected chi connectivity index (χ2v) is 4.69. The Balaban J connectivity index is 2.15. The van der Waals surface area contributed by atoms with Gasteiger partial charge in [-0.05, 0) is 12.1 Å². The van der Waals surface area contributed by atoms with Crippen molar-refractivity contribution in [2.75, 3.05) is 6.54 Å². The zero-order valence-corrected chi connectivity index (χ0v) is 9.61. The van der Waals surface area contributed by atoms with E-state index in [1.807, 2.05) is 5.32 Å². The van der Waals surface area contributed by atoms with Crippen molar-refractivity contribution < 1.29 is 28.7 Å². The number of benzene rings is 1. The Kier molecular flexibility index (Phi) is 3.35. The van der Waals surface area contributed by atoms with Crippen LogP contribution in [0.5, 0.6) is 0 Å². The number of rotatable bonds is 1. The fourth-order valence-corrected chi connectivity index (χ4v) is 2.23. The zero-order valence-electron chi connectivity index (χ0n) is 9.61. The maximum Gasteiger partial charge on any atom is 0.416 e. The quantitative estimate of drug-likeness (QED) is 0.655. The van der Waals surface area contributed by atoms with Crippen LogP contribution in [0.3, 0.4) is 0 Å². The molecule has 0 amide bonds. The molecule has 0 aliphatic carbocycles. The molecule has 1 fully saturated rings. The lowest BCUT2D eigenvalue weighted by Gasteiger charge is -2.31. The Labute approximate surface area is 102 Å². The number of aliphatic hydroxyl groups is 2. The lowest BCUT2D eigenvalue weighted by Crippen LogP contribution is -2.88. The van der Waals surface area contributed by atoms with Gasteiger partial charge in [0.15, 0.2) is 5.79 Å². The highest BCUT2D eigenvalue weighted by atomic mass is 19.4. The van der Waals surface area contributed by atoms with Gasteiger partial charge < -0.3 is 15.5 Å². The van der Waals surface area contributed by atoms with Gasteiger partial charge in [0.2, 0.25) is 0 Å². The molecule has 0 aromatic heterocycles. The van der Waals surface area contributed by atoms with Crippen molar-refractivity contribution in [1.29, 1.82) is 0 Å². The molecule has 3 nitrogen and oxygen atoms in total. The first-order chi connectivity index (χ1) is 8.28. The summed E-state index contributed by atoms with van der Waals surface area (Å²) in [6.07, 6.45) is -3.95. The normalized spacial score (nSPS) is 23.9. The van der Waals surface area contributed by atoms with E-state index in [0.717, 1.165) is 12.1 Å². The van der Waals surface area contributed by atoms with Crippen LogP contribution in [0.1, 0.15) is 30.0 Å². The molecule has 4 N–H and O–H groups in total. The van der Waals surface area contributed by atoms with Gasteiger partial charge in [0.05, 0.1) is 24.9 Å². The molecule has 2 rings (SSSR count). The van der Waals surface area contributed by atoms with Gasteiger partial charge in [-0.25, -0.2) is 0 Å². The second-order valence-electron chi connectivity index (χ2n) is 4.69. The van der Waals surface area contributed by atoms with Gasteiger partial charge in [0, 0.05) is 5.56 Å². The molecule has 1 saturated heterocycles. The SMILES string of the molecule is OC1(O)CC[NH2+][C@H](c2ccc(C(F)(F)F)cc2)C1. The number of hydrogen-bond acceptors (Lipinski definition) is 2. The smallest absolute Gasteiger partial charge is 0.365 e. The molecule has 1 aliphatic rings. The van der Waals surface area contributed by atoms with Crippen molar-refractivity contribution in [2.24, 2.45) is 0 Å². The molecule has 0 unspecified atom stereocenters. The first kappa shape index (κ1) is 13.3. The fraction of sp³-hybridized carbons (Fsp3) is 0.500. The van der Waals surface area contributed by atoms with Crippen molar-refractivity contribution in [2.45, 2.75) is 30.8 Å². The van der Waals surface area contributed by atoms with Crippen LogP contribution in [0.4, 0.5) is 13.2 Å². The topological polar surface area (TPSA) is 57.1 Å². The minimum absolute atomic E-state index is 0.123. The van der Waals surface area contributed by atoms with Gasteiger partial charge in [0.1, 0.15) is 6.04 Å². The maximum atomic E-state index is 12.4. The van der Waals surface area contributed by atoms with E-state index in [0.29, 0.717) is 12.1 Å². The van der Waals surface area contributed by atoms with Gasteiger partial charge in [0.25, 0.3) is 0 Å². The van der Waals surface area contributed by atoms with Crippen LogP contribution in [0, 0.1) is 0 Å². The number of hydrogen-bond donors (Lipinski definition) is 3. The summed E-state index contributed by atoms with van der Waals surface area (Å²) in [5.41, 5.74) is -0.0171. The molecule has 1 heterocycles. The predicted octanol–water partition coefficient (Wildman–Crippen LogP) is 0.785. The van der Waals surface area contributed by atoms with Crippen molar-refractivity contribution in [1.82, 2.24) is 0 Å². The summed E-state index contributed by atoms with van der Waals surface area (Å²) < 4.78 is 37.2. The third kappa shape index (κ3) is 3.01. The average molecular weight is 262 g/mol. The first-order valence-electron chi connectivity index (χ1n) is 5.73. The van der Waals surface area contributed by atoms with Crippen molar-refractivity contribution in [3.63, 3.8) is 0 Å². The third-order valence-corrected chi connectivity index (χ3v) is 3.21. The number of nitrogens with two attached hydrogens (primary N) is 1. The molecule has 0 radical (unpaired) electrons. The molecule has 6 heteroatoms. The van der Waals surface area contributed by atoms with Gasteiger partial charge in [-0.1, -0.05) is 12.1 Å². The Hall–Kier alpha value is -1.11. The van der Waals surface area contributed by atoms with Gasteiger partial charge in [-0.15, -0.1) is 0 Å². The number of alkyl halides is 3. The minimum atomic E-state index is -4.34. The summed E-state index contributed by atoms with van der Waals surface area (Å²) in [7, 11) is 0. The van der Waals surface area contributed by atoms with E-state index in [-0.39, 0.29) is 18.9 Å². The Morgan fingerprint density at radius 1 is 1.17 bits per heavy atom. The van der Waals surface area contributed by atoms with Crippen LogP contribution >= 0.6 is 0 Å². The third-order valence-electron chi connectivity index (χ3n) is 3.21. The highest BCUT2D eigenvalue weighted by Gasteiger charge is 2.36. The average Bonchev–Trinajstić information content (AvgIpc) is 2.27. The molecule has 0 saturated carbocycles. The zero-order chi connectivity index (χ0) is 13.4. The lowest BCUT2D eigenvalue weighted by atomic mass is 9.92. The predicted molar refractivity (Wildman–Crippen MR) is 57.4 cm³/mol. The van der Waals surface area contributed by atoms with E-state index in [2.05, 4.69) is 0 Å². The van der Waals surface area contributed by atoms with Crippen LogP contribution in [-0.4, -0.2) is 22.5 Å². The Morgan fingerprint density at radius 2 is 1.78 bits per heavy atom. The molecule has 1 atom stereocenters. The highest BCUT2D eigenvalue weighted by molar-refractivity contribution is 5.26. The molecule has 1 aromatic rings. The van der Waals surface area contributed by atoms with E-state index in [1.165, 1.54) is 12.1 Å². The van der Waals surface area contributed by atoms with Crippen LogP contribution in [0.15, 0.2) is 24.3 Å². The van der Waals surface area contributed by atoms with Crippen LogP contribution < -0.4 is 5.32 Å². The molecular weight excluding hydrogens is 247 g/mol. The standard InChI is InChI=1S/C12H14F3NO2/c13-12(14,15)9-3-1-8(2-4-9)10-7-11(17,18)5-6-16-10/h1-4,10,16-18H,5-7H2/p+1/t10-/m0/s1. The van der Waals surface area contributed by atoms with Crippen LogP contribution in [0.2, 0.25) is 0 Å². The molecular formula is C12H15F3NO2+. The molecule has 0 spiro atoms. The van der Waals surface area contributed by atoms with Gasteiger partial charge >= 0.3 is 6.18 Å². The van der Waals surface area contributed by atoms with Gasteiger partial charge in [-0.3, -0.25) is 0 Å². The summed E-state index contributed by atoms with van der Waals surface area (Å²) in [4.78, 5) is 0. The largest absolute Gasteiger partial charge is 0.416 e. The molecule has 18 heavy (non-hydrogen) atoms. The maximum absolute atomic E-state index is 12.4.